The minimum atomic E-state index is -3.02. The molecule has 10 nitrogen and oxygen atoms in total. The van der Waals surface area contributed by atoms with Crippen LogP contribution in [0.1, 0.15) is 27.7 Å². The summed E-state index contributed by atoms with van der Waals surface area (Å²) in [5.41, 5.74) is -5.95. The minimum absolute atomic E-state index is 0.00385. The zero-order valence-corrected chi connectivity index (χ0v) is 17.0. The molecule has 0 aromatic heterocycles. The molecule has 1 aliphatic heterocycles. The van der Waals surface area contributed by atoms with Crippen molar-refractivity contribution in [3.63, 3.8) is 0 Å². The summed E-state index contributed by atoms with van der Waals surface area (Å²) in [6, 6.07) is -1.68. The number of halogens is 1. The third-order valence-electron chi connectivity index (χ3n) is 4.49. The van der Waals surface area contributed by atoms with E-state index in [0.717, 1.165) is 27.7 Å². The van der Waals surface area contributed by atoms with Crippen LogP contribution in [-0.2, 0) is 28.7 Å². The number of carbonyl (C=O) groups excluding carboxylic acids is 4. The van der Waals surface area contributed by atoms with Crippen molar-refractivity contribution in [2.75, 3.05) is 11.9 Å². The van der Waals surface area contributed by atoms with Crippen molar-refractivity contribution in [1.29, 1.82) is 0 Å². The Morgan fingerprint density at radius 2 is 1.63 bits per heavy atom. The summed E-state index contributed by atoms with van der Waals surface area (Å²) in [4.78, 5) is 48.0. The first-order valence-electron chi connectivity index (χ1n) is 8.11. The molecule has 4 N–H and O–H groups in total. The highest BCUT2D eigenvalue weighted by Crippen LogP contribution is 2.41. The topological polar surface area (TPSA) is 159 Å². The summed E-state index contributed by atoms with van der Waals surface area (Å²) in [6.07, 6.45) is -5.59. The van der Waals surface area contributed by atoms with E-state index in [1.54, 1.807) is 0 Å². The number of ketones is 3. The highest BCUT2D eigenvalue weighted by molar-refractivity contribution is 9.09. The number of amides is 1. The van der Waals surface area contributed by atoms with Crippen LogP contribution in [0.5, 0.6) is 0 Å². The molecule has 0 aliphatic carbocycles. The van der Waals surface area contributed by atoms with Crippen LogP contribution in [0.2, 0.25) is 0 Å². The number of rotatable bonds is 8. The van der Waals surface area contributed by atoms with Crippen molar-refractivity contribution >= 4 is 39.2 Å². The van der Waals surface area contributed by atoms with Gasteiger partial charge in [-0.3, -0.25) is 19.2 Å². The lowest BCUT2D eigenvalue weighted by Crippen LogP contribution is -2.83. The molecule has 1 rings (SSSR count). The van der Waals surface area contributed by atoms with E-state index in [9.17, 15) is 34.5 Å². The number of alkyl halides is 1. The van der Waals surface area contributed by atoms with Crippen LogP contribution >= 0.6 is 15.9 Å². The van der Waals surface area contributed by atoms with Gasteiger partial charge in [0.2, 0.25) is 5.91 Å². The van der Waals surface area contributed by atoms with Gasteiger partial charge in [0, 0.05) is 12.3 Å². The molecule has 0 saturated carbocycles. The molecule has 0 radical (unpaired) electrons. The van der Waals surface area contributed by atoms with E-state index in [2.05, 4.69) is 21.2 Å². The van der Waals surface area contributed by atoms with Gasteiger partial charge in [0.15, 0.2) is 34.8 Å². The fraction of sp³-hybridized carbons (Fsp3) is 0.750. The highest BCUT2D eigenvalue weighted by Gasteiger charge is 2.72. The van der Waals surface area contributed by atoms with Gasteiger partial charge in [-0.2, -0.15) is 0 Å². The largest absolute Gasteiger partial charge is 0.382 e. The van der Waals surface area contributed by atoms with Gasteiger partial charge >= 0.3 is 0 Å². The molecule has 27 heavy (non-hydrogen) atoms. The molecule has 1 aliphatic rings. The summed E-state index contributed by atoms with van der Waals surface area (Å²) in [5, 5.41) is 35.0. The monoisotopic (exact) mass is 453 g/mol. The van der Waals surface area contributed by atoms with Crippen LogP contribution in [0, 0.1) is 0 Å². The highest BCUT2D eigenvalue weighted by atomic mass is 79.9. The maximum atomic E-state index is 12.4. The molecular formula is C16H24BrNO9. The number of aliphatic hydroxyl groups is 3. The lowest BCUT2D eigenvalue weighted by Gasteiger charge is -2.55. The molecule has 1 saturated heterocycles. The third kappa shape index (κ3) is 4.13. The maximum absolute atomic E-state index is 12.4. The van der Waals surface area contributed by atoms with Gasteiger partial charge in [-0.1, -0.05) is 15.9 Å². The molecule has 0 spiro atoms. The van der Waals surface area contributed by atoms with Crippen molar-refractivity contribution in [3.05, 3.63) is 0 Å². The number of hydrogen-bond donors (Lipinski definition) is 4. The predicted molar refractivity (Wildman–Crippen MR) is 94.0 cm³/mol. The zero-order chi connectivity index (χ0) is 21.2. The first-order chi connectivity index (χ1) is 12.3. The second-order valence-corrected chi connectivity index (χ2v) is 7.16. The van der Waals surface area contributed by atoms with Gasteiger partial charge in [0.25, 0.3) is 0 Å². The summed E-state index contributed by atoms with van der Waals surface area (Å²) in [5.74, 6) is -3.80. The van der Waals surface area contributed by atoms with Crippen molar-refractivity contribution in [3.8, 4) is 0 Å². The van der Waals surface area contributed by atoms with Crippen LogP contribution in [0.4, 0.5) is 0 Å². The zero-order valence-electron chi connectivity index (χ0n) is 15.4. The molecule has 0 aromatic rings. The van der Waals surface area contributed by atoms with Crippen molar-refractivity contribution in [2.45, 2.75) is 63.4 Å². The molecule has 0 aromatic carbocycles. The van der Waals surface area contributed by atoms with Crippen LogP contribution < -0.4 is 5.32 Å². The van der Waals surface area contributed by atoms with Crippen LogP contribution in [0.25, 0.3) is 0 Å². The fourth-order valence-corrected chi connectivity index (χ4v) is 3.32. The molecule has 1 unspecified atom stereocenters. The molecule has 1 amide bonds. The normalized spacial score (nSPS) is 34.6. The van der Waals surface area contributed by atoms with Gasteiger partial charge in [0.1, 0.15) is 18.2 Å². The Balaban J connectivity index is 3.68. The lowest BCUT2D eigenvalue weighted by atomic mass is 9.66. The van der Waals surface area contributed by atoms with E-state index in [0.29, 0.717) is 5.33 Å². The Morgan fingerprint density at radius 1 is 1.11 bits per heavy atom. The average molecular weight is 454 g/mol. The van der Waals surface area contributed by atoms with Crippen LogP contribution in [0.3, 0.4) is 0 Å². The predicted octanol–water partition coefficient (Wildman–Crippen LogP) is -1.78. The molecule has 6 atom stereocenters. The number of aliphatic hydroxyl groups excluding tert-OH is 1. The molecule has 0 bridgehead atoms. The second kappa shape index (κ2) is 8.84. The van der Waals surface area contributed by atoms with E-state index in [-0.39, 0.29) is 6.61 Å². The van der Waals surface area contributed by atoms with Crippen molar-refractivity contribution < 1.29 is 44.0 Å². The number of ether oxygens (including phenoxy) is 2. The van der Waals surface area contributed by atoms with E-state index in [4.69, 9.17) is 9.47 Å². The first kappa shape index (κ1) is 23.8. The van der Waals surface area contributed by atoms with Gasteiger partial charge in [0.05, 0.1) is 6.61 Å². The summed E-state index contributed by atoms with van der Waals surface area (Å²) in [7, 11) is 0. The van der Waals surface area contributed by atoms with E-state index < -0.39 is 59.0 Å². The summed E-state index contributed by atoms with van der Waals surface area (Å²) < 4.78 is 10.8. The van der Waals surface area contributed by atoms with Crippen molar-refractivity contribution in [1.82, 2.24) is 5.32 Å². The smallest absolute Gasteiger partial charge is 0.217 e. The molecule has 1 heterocycles. The number of Topliss-reactive ketones (excluding diaryl/α,β-unsaturated/α-hetero) is 3. The number of hydrogen-bond acceptors (Lipinski definition) is 9. The molecule has 11 heteroatoms. The maximum Gasteiger partial charge on any atom is 0.217 e. The summed E-state index contributed by atoms with van der Waals surface area (Å²) in [6.45, 7) is 3.83. The quantitative estimate of drug-likeness (QED) is 0.311. The van der Waals surface area contributed by atoms with Gasteiger partial charge in [-0.25, -0.2) is 0 Å². The standard InChI is InChI=1S/C16H24BrNO9/c1-7(19)11(23)13-16(25,9(3)21)15(24,8(2)20)12(18-10(4)22)14(27-13)26-6-5-17/h11-14,23-25H,5-6H2,1-4H3,(H,18,22)/t11?,12-,13-,14+,15-,16-/m1/s1. The Kier molecular flexibility index (Phi) is 7.79. The molecule has 154 valence electrons. The Morgan fingerprint density at radius 3 is 2.00 bits per heavy atom. The fourth-order valence-electron chi connectivity index (χ4n) is 3.13. The van der Waals surface area contributed by atoms with Gasteiger partial charge in [-0.15, -0.1) is 0 Å². The first-order valence-corrected chi connectivity index (χ1v) is 9.23. The second-order valence-electron chi connectivity index (χ2n) is 6.36. The summed E-state index contributed by atoms with van der Waals surface area (Å²) >= 11 is 3.11. The Hall–Kier alpha value is -1.24. The van der Waals surface area contributed by atoms with Gasteiger partial charge in [-0.05, 0) is 20.8 Å². The number of carbonyl (C=O) groups is 4. The van der Waals surface area contributed by atoms with Crippen molar-refractivity contribution in [2.24, 2.45) is 0 Å². The van der Waals surface area contributed by atoms with Crippen LogP contribution in [0.15, 0.2) is 0 Å². The van der Waals surface area contributed by atoms with E-state index >= 15 is 0 Å². The molecular weight excluding hydrogens is 430 g/mol. The lowest BCUT2D eigenvalue weighted by molar-refractivity contribution is -0.321. The average Bonchev–Trinajstić information content (AvgIpc) is 2.56. The molecule has 1 fully saturated rings. The Bertz CT molecular complexity index is 627. The Labute approximate surface area is 164 Å². The number of nitrogens with one attached hydrogen (secondary N) is 1. The van der Waals surface area contributed by atoms with Gasteiger partial charge < -0.3 is 30.1 Å². The van der Waals surface area contributed by atoms with Crippen LogP contribution in [-0.4, -0.2) is 86.3 Å². The third-order valence-corrected chi connectivity index (χ3v) is 4.81. The van der Waals surface area contributed by atoms with E-state index in [1.165, 1.54) is 0 Å². The van der Waals surface area contributed by atoms with E-state index in [1.807, 2.05) is 0 Å². The SMILES string of the molecule is CC(=O)N[C@@H]1[C@@H](OCCBr)O[C@H](C(O)C(C)=O)[C@](O)(C(C)=O)[C@@]1(O)C(C)=O. The minimum Gasteiger partial charge on any atom is -0.382 e.